The molecule has 3 heteroatoms. The summed E-state index contributed by atoms with van der Waals surface area (Å²) in [5.41, 5.74) is 6.06. The molecular weight excluding hydrogens is 193 g/mol. The van der Waals surface area contributed by atoms with Crippen LogP contribution in [-0.2, 0) is 0 Å². The van der Waals surface area contributed by atoms with Gasteiger partial charge in [-0.2, -0.15) is 0 Å². The maximum Gasteiger partial charge on any atom is 0.131 e. The second kappa shape index (κ2) is 3.96. The summed E-state index contributed by atoms with van der Waals surface area (Å²) in [6.45, 7) is 0.135. The van der Waals surface area contributed by atoms with Crippen molar-refractivity contribution in [1.29, 1.82) is 0 Å². The standard InChI is InChI=1S/C12H12FNO/c13-11-6-5-10(12(15)7-14)8-3-1-2-4-9(8)11/h1-6,12,15H,7,14H2/t12-/m0/s1. The van der Waals surface area contributed by atoms with Gasteiger partial charge in [-0.25, -0.2) is 4.39 Å². The fourth-order valence-electron chi connectivity index (χ4n) is 1.70. The average Bonchev–Trinajstić information content (AvgIpc) is 2.29. The quantitative estimate of drug-likeness (QED) is 0.787. The molecule has 2 aromatic rings. The number of benzene rings is 2. The molecule has 0 aliphatic carbocycles. The first kappa shape index (κ1) is 10.1. The predicted octanol–water partition coefficient (Wildman–Crippen LogP) is 1.97. The van der Waals surface area contributed by atoms with Gasteiger partial charge in [-0.15, -0.1) is 0 Å². The molecule has 0 spiro atoms. The van der Waals surface area contributed by atoms with E-state index in [2.05, 4.69) is 0 Å². The average molecular weight is 205 g/mol. The first-order chi connectivity index (χ1) is 7.24. The number of rotatable bonds is 2. The normalized spacial score (nSPS) is 13.0. The van der Waals surface area contributed by atoms with Crippen LogP contribution in [0.1, 0.15) is 11.7 Å². The molecule has 0 radical (unpaired) electrons. The summed E-state index contributed by atoms with van der Waals surface area (Å²) in [5, 5.41) is 10.9. The zero-order valence-electron chi connectivity index (χ0n) is 8.15. The van der Waals surface area contributed by atoms with E-state index in [-0.39, 0.29) is 12.4 Å². The van der Waals surface area contributed by atoms with E-state index in [9.17, 15) is 9.50 Å². The fraction of sp³-hybridized carbons (Fsp3) is 0.167. The molecule has 0 unspecified atom stereocenters. The Kier molecular flexibility index (Phi) is 2.66. The Morgan fingerprint density at radius 3 is 2.47 bits per heavy atom. The maximum atomic E-state index is 13.4. The van der Waals surface area contributed by atoms with Gasteiger partial charge < -0.3 is 10.8 Å². The van der Waals surface area contributed by atoms with Crippen molar-refractivity contribution >= 4 is 10.8 Å². The van der Waals surface area contributed by atoms with Gasteiger partial charge in [0.2, 0.25) is 0 Å². The highest BCUT2D eigenvalue weighted by Gasteiger charge is 2.11. The van der Waals surface area contributed by atoms with Gasteiger partial charge in [-0.05, 0) is 17.0 Å². The number of aliphatic hydroxyl groups is 1. The molecule has 0 amide bonds. The lowest BCUT2D eigenvalue weighted by atomic mass is 10.00. The van der Waals surface area contributed by atoms with Crippen LogP contribution >= 0.6 is 0 Å². The van der Waals surface area contributed by atoms with Crippen molar-refractivity contribution in [3.8, 4) is 0 Å². The van der Waals surface area contributed by atoms with E-state index in [1.807, 2.05) is 6.07 Å². The van der Waals surface area contributed by atoms with Crippen LogP contribution in [0.5, 0.6) is 0 Å². The summed E-state index contributed by atoms with van der Waals surface area (Å²) in [6.07, 6.45) is -0.740. The van der Waals surface area contributed by atoms with Gasteiger partial charge in [-0.1, -0.05) is 30.3 Å². The molecule has 78 valence electrons. The SMILES string of the molecule is NC[C@H](O)c1ccc(F)c2ccccc12. The Hall–Kier alpha value is -1.45. The molecule has 0 saturated carbocycles. The molecule has 15 heavy (non-hydrogen) atoms. The Labute approximate surface area is 87.1 Å². The van der Waals surface area contributed by atoms with Crippen LogP contribution in [0, 0.1) is 5.82 Å². The highest BCUT2D eigenvalue weighted by atomic mass is 19.1. The number of fused-ring (bicyclic) bond motifs is 1. The van der Waals surface area contributed by atoms with Crippen LogP contribution < -0.4 is 5.73 Å². The lowest BCUT2D eigenvalue weighted by Gasteiger charge is -2.11. The van der Waals surface area contributed by atoms with Crippen molar-refractivity contribution < 1.29 is 9.50 Å². The number of nitrogens with two attached hydrogens (primary N) is 1. The second-order valence-corrected chi connectivity index (χ2v) is 3.43. The Balaban J connectivity index is 2.71. The largest absolute Gasteiger partial charge is 0.387 e. The topological polar surface area (TPSA) is 46.2 Å². The molecule has 2 aromatic carbocycles. The molecule has 0 aliphatic heterocycles. The van der Waals surface area contributed by atoms with Crippen molar-refractivity contribution in [1.82, 2.24) is 0 Å². The van der Waals surface area contributed by atoms with Gasteiger partial charge >= 0.3 is 0 Å². The zero-order valence-corrected chi connectivity index (χ0v) is 8.15. The summed E-state index contributed by atoms with van der Waals surface area (Å²) in [7, 11) is 0. The third-order valence-corrected chi connectivity index (χ3v) is 2.49. The zero-order chi connectivity index (χ0) is 10.8. The van der Waals surface area contributed by atoms with Gasteiger partial charge in [0, 0.05) is 11.9 Å². The third kappa shape index (κ3) is 1.71. The summed E-state index contributed by atoms with van der Waals surface area (Å²) >= 11 is 0. The highest BCUT2D eigenvalue weighted by Crippen LogP contribution is 2.25. The lowest BCUT2D eigenvalue weighted by Crippen LogP contribution is -2.11. The van der Waals surface area contributed by atoms with Gasteiger partial charge in [0.05, 0.1) is 6.10 Å². The smallest absolute Gasteiger partial charge is 0.131 e. The minimum absolute atomic E-state index is 0.135. The molecule has 2 nitrogen and oxygen atoms in total. The van der Waals surface area contributed by atoms with Crippen molar-refractivity contribution in [3.05, 3.63) is 47.8 Å². The van der Waals surface area contributed by atoms with Crippen LogP contribution in [0.2, 0.25) is 0 Å². The molecule has 1 atom stereocenters. The summed E-state index contributed by atoms with van der Waals surface area (Å²) < 4.78 is 13.4. The Bertz CT molecular complexity index is 484. The molecule has 0 aromatic heterocycles. The van der Waals surface area contributed by atoms with Gasteiger partial charge in [0.15, 0.2) is 0 Å². The van der Waals surface area contributed by atoms with Crippen LogP contribution in [0.25, 0.3) is 10.8 Å². The minimum Gasteiger partial charge on any atom is -0.387 e. The lowest BCUT2D eigenvalue weighted by molar-refractivity contribution is 0.188. The monoisotopic (exact) mass is 205 g/mol. The highest BCUT2D eigenvalue weighted by molar-refractivity contribution is 5.86. The number of aliphatic hydroxyl groups excluding tert-OH is 1. The van der Waals surface area contributed by atoms with Gasteiger partial charge in [-0.3, -0.25) is 0 Å². The molecule has 0 fully saturated rings. The van der Waals surface area contributed by atoms with E-state index in [0.29, 0.717) is 10.9 Å². The van der Waals surface area contributed by atoms with E-state index >= 15 is 0 Å². The van der Waals surface area contributed by atoms with Crippen molar-refractivity contribution in [2.75, 3.05) is 6.54 Å². The molecule has 0 bridgehead atoms. The summed E-state index contributed by atoms with van der Waals surface area (Å²) in [4.78, 5) is 0. The molecule has 3 N–H and O–H groups in total. The van der Waals surface area contributed by atoms with Crippen LogP contribution in [0.3, 0.4) is 0 Å². The molecule has 0 heterocycles. The van der Waals surface area contributed by atoms with Crippen LogP contribution in [0.15, 0.2) is 36.4 Å². The van der Waals surface area contributed by atoms with Crippen molar-refractivity contribution in [2.45, 2.75) is 6.10 Å². The van der Waals surface area contributed by atoms with E-state index in [0.717, 1.165) is 5.39 Å². The second-order valence-electron chi connectivity index (χ2n) is 3.43. The van der Waals surface area contributed by atoms with E-state index in [1.165, 1.54) is 6.07 Å². The summed E-state index contributed by atoms with van der Waals surface area (Å²) in [5.74, 6) is -0.279. The molecular formula is C12H12FNO. The van der Waals surface area contributed by atoms with E-state index in [1.54, 1.807) is 24.3 Å². The first-order valence-electron chi connectivity index (χ1n) is 4.79. The molecule has 2 rings (SSSR count). The minimum atomic E-state index is -0.740. The molecule has 0 aliphatic rings. The van der Waals surface area contributed by atoms with Gasteiger partial charge in [0.25, 0.3) is 0 Å². The fourth-order valence-corrected chi connectivity index (χ4v) is 1.70. The van der Waals surface area contributed by atoms with E-state index in [4.69, 9.17) is 5.73 Å². The Morgan fingerprint density at radius 2 is 1.80 bits per heavy atom. The maximum absolute atomic E-state index is 13.4. The van der Waals surface area contributed by atoms with Crippen molar-refractivity contribution in [2.24, 2.45) is 5.73 Å². The van der Waals surface area contributed by atoms with Crippen LogP contribution in [-0.4, -0.2) is 11.7 Å². The number of hydrogen-bond donors (Lipinski definition) is 2. The van der Waals surface area contributed by atoms with Gasteiger partial charge in [0.1, 0.15) is 5.82 Å². The third-order valence-electron chi connectivity index (χ3n) is 2.49. The Morgan fingerprint density at radius 1 is 1.13 bits per heavy atom. The first-order valence-corrected chi connectivity index (χ1v) is 4.79. The van der Waals surface area contributed by atoms with E-state index < -0.39 is 6.10 Å². The number of halogens is 1. The molecule has 0 saturated heterocycles. The summed E-state index contributed by atoms with van der Waals surface area (Å²) in [6, 6.07) is 9.99. The van der Waals surface area contributed by atoms with Crippen LogP contribution in [0.4, 0.5) is 4.39 Å². The predicted molar refractivity (Wildman–Crippen MR) is 57.9 cm³/mol. The number of hydrogen-bond acceptors (Lipinski definition) is 2. The van der Waals surface area contributed by atoms with Crippen molar-refractivity contribution in [3.63, 3.8) is 0 Å².